The van der Waals surface area contributed by atoms with Crippen molar-refractivity contribution in [2.45, 2.75) is 45.8 Å². The third-order valence-corrected chi connectivity index (χ3v) is 6.24. The fourth-order valence-electron chi connectivity index (χ4n) is 2.85. The molecule has 1 amide bonds. The SMILES string of the molecule is CCC(CC)CCCN1C(=O)SC(=Cc2cc(Br)cc(Br)c2)C1O. The lowest BCUT2D eigenvalue weighted by Gasteiger charge is -2.21. The van der Waals surface area contributed by atoms with Gasteiger partial charge in [-0.15, -0.1) is 0 Å². The lowest BCUT2D eigenvalue weighted by Crippen LogP contribution is -2.33. The lowest BCUT2D eigenvalue weighted by molar-refractivity contribution is 0.0792. The van der Waals surface area contributed by atoms with E-state index in [-0.39, 0.29) is 5.24 Å². The van der Waals surface area contributed by atoms with E-state index in [2.05, 4.69) is 45.7 Å². The van der Waals surface area contributed by atoms with Gasteiger partial charge in [0.1, 0.15) is 0 Å². The van der Waals surface area contributed by atoms with Gasteiger partial charge in [-0.3, -0.25) is 4.79 Å². The molecule has 1 heterocycles. The monoisotopic (exact) mass is 475 g/mol. The van der Waals surface area contributed by atoms with Crippen LogP contribution in [-0.2, 0) is 0 Å². The van der Waals surface area contributed by atoms with Crippen molar-refractivity contribution < 1.29 is 9.90 Å². The van der Waals surface area contributed by atoms with Crippen LogP contribution < -0.4 is 0 Å². The second-order valence-corrected chi connectivity index (χ2v) is 8.87. The Morgan fingerprint density at radius 3 is 2.46 bits per heavy atom. The highest BCUT2D eigenvalue weighted by atomic mass is 79.9. The predicted octanol–water partition coefficient (Wildman–Crippen LogP) is 6.26. The van der Waals surface area contributed by atoms with E-state index < -0.39 is 6.23 Å². The van der Waals surface area contributed by atoms with Crippen LogP contribution in [0.3, 0.4) is 0 Å². The molecule has 1 unspecified atom stereocenters. The summed E-state index contributed by atoms with van der Waals surface area (Å²) >= 11 is 8.04. The molecule has 0 saturated carbocycles. The van der Waals surface area contributed by atoms with Crippen LogP contribution in [0.1, 0.15) is 45.1 Å². The molecule has 1 aromatic rings. The van der Waals surface area contributed by atoms with Crippen LogP contribution >= 0.6 is 43.6 Å². The molecular weight excluding hydrogens is 454 g/mol. The summed E-state index contributed by atoms with van der Waals surface area (Å²) in [5, 5.41) is 10.4. The van der Waals surface area contributed by atoms with Crippen LogP contribution in [0, 0.1) is 5.92 Å². The first-order chi connectivity index (χ1) is 11.4. The summed E-state index contributed by atoms with van der Waals surface area (Å²) in [6.45, 7) is 5.02. The number of amides is 1. The third kappa shape index (κ3) is 5.35. The fourth-order valence-corrected chi connectivity index (χ4v) is 5.12. The maximum absolute atomic E-state index is 12.2. The summed E-state index contributed by atoms with van der Waals surface area (Å²) in [6, 6.07) is 5.88. The predicted molar refractivity (Wildman–Crippen MR) is 109 cm³/mol. The normalized spacial score (nSPS) is 19.8. The van der Waals surface area contributed by atoms with Crippen molar-refractivity contribution in [2.24, 2.45) is 5.92 Å². The average molecular weight is 477 g/mol. The Hall–Kier alpha value is -0.300. The van der Waals surface area contributed by atoms with Crippen LogP contribution in [0.15, 0.2) is 32.0 Å². The molecule has 1 aliphatic heterocycles. The molecule has 0 bridgehead atoms. The zero-order valence-electron chi connectivity index (χ0n) is 14.0. The number of benzene rings is 1. The molecule has 0 aliphatic carbocycles. The number of halogens is 2. The maximum Gasteiger partial charge on any atom is 0.288 e. The molecule has 1 atom stereocenters. The number of hydrogen-bond acceptors (Lipinski definition) is 3. The standard InChI is InChI=1S/C18H23Br2NO2S/c1-3-12(4-2)6-5-7-21-17(22)16(24-18(21)23)10-13-8-14(19)11-15(20)9-13/h8-12,17,22H,3-7H2,1-2H3. The fraction of sp³-hybridized carbons (Fsp3) is 0.500. The van der Waals surface area contributed by atoms with E-state index >= 15 is 0 Å². The third-order valence-electron chi connectivity index (χ3n) is 4.35. The van der Waals surface area contributed by atoms with Crippen LogP contribution in [0.25, 0.3) is 6.08 Å². The van der Waals surface area contributed by atoms with E-state index in [9.17, 15) is 9.90 Å². The van der Waals surface area contributed by atoms with Gasteiger partial charge in [0.2, 0.25) is 0 Å². The molecule has 24 heavy (non-hydrogen) atoms. The molecule has 1 aromatic carbocycles. The van der Waals surface area contributed by atoms with Crippen molar-refractivity contribution in [3.8, 4) is 0 Å². The second kappa shape index (κ2) is 9.41. The van der Waals surface area contributed by atoms with Crippen LogP contribution in [-0.4, -0.2) is 28.0 Å². The van der Waals surface area contributed by atoms with Gasteiger partial charge in [-0.25, -0.2) is 0 Å². The van der Waals surface area contributed by atoms with Gasteiger partial charge in [-0.05, 0) is 60.4 Å². The highest BCUT2D eigenvalue weighted by molar-refractivity contribution is 9.11. The molecule has 6 heteroatoms. The van der Waals surface area contributed by atoms with Crippen molar-refractivity contribution in [3.63, 3.8) is 0 Å². The first-order valence-electron chi connectivity index (χ1n) is 8.28. The largest absolute Gasteiger partial charge is 0.369 e. The summed E-state index contributed by atoms with van der Waals surface area (Å²) in [5.41, 5.74) is 0.949. The number of carbonyl (C=O) groups is 1. The zero-order valence-corrected chi connectivity index (χ0v) is 18.0. The summed E-state index contributed by atoms with van der Waals surface area (Å²) in [6.07, 6.45) is 5.43. The van der Waals surface area contributed by atoms with Crippen molar-refractivity contribution in [2.75, 3.05) is 6.54 Å². The van der Waals surface area contributed by atoms with E-state index in [1.165, 1.54) is 12.8 Å². The average Bonchev–Trinajstić information content (AvgIpc) is 2.77. The van der Waals surface area contributed by atoms with Gasteiger partial charge in [-0.1, -0.05) is 58.5 Å². The number of rotatable bonds is 7. The Bertz CT molecular complexity index is 597. The molecule has 132 valence electrons. The minimum Gasteiger partial charge on any atom is -0.369 e. The zero-order chi connectivity index (χ0) is 17.7. The van der Waals surface area contributed by atoms with E-state index in [4.69, 9.17) is 0 Å². The first kappa shape index (κ1) is 20.0. The molecule has 0 spiro atoms. The highest BCUT2D eigenvalue weighted by Gasteiger charge is 2.34. The number of aliphatic hydroxyl groups is 1. The summed E-state index contributed by atoms with van der Waals surface area (Å²) < 4.78 is 1.91. The Morgan fingerprint density at radius 2 is 1.88 bits per heavy atom. The Morgan fingerprint density at radius 1 is 1.25 bits per heavy atom. The molecule has 1 fully saturated rings. The number of nitrogens with zero attached hydrogens (tertiary/aromatic N) is 1. The molecule has 0 aromatic heterocycles. The molecule has 1 aliphatic rings. The van der Waals surface area contributed by atoms with Gasteiger partial charge in [-0.2, -0.15) is 0 Å². The number of carbonyl (C=O) groups excluding carboxylic acids is 1. The maximum atomic E-state index is 12.2. The number of thioether (sulfide) groups is 1. The molecular formula is C18H23Br2NO2S. The first-order valence-corrected chi connectivity index (χ1v) is 10.7. The van der Waals surface area contributed by atoms with E-state index in [1.54, 1.807) is 4.90 Å². The quantitative estimate of drug-likeness (QED) is 0.505. The summed E-state index contributed by atoms with van der Waals surface area (Å²) in [5.74, 6) is 0.710. The molecule has 2 rings (SSSR count). The van der Waals surface area contributed by atoms with Gasteiger partial charge in [0.25, 0.3) is 5.24 Å². The molecule has 1 N–H and O–H groups in total. The van der Waals surface area contributed by atoms with Crippen molar-refractivity contribution in [1.82, 2.24) is 4.90 Å². The molecule has 1 saturated heterocycles. The minimum atomic E-state index is -0.832. The smallest absolute Gasteiger partial charge is 0.288 e. The van der Waals surface area contributed by atoms with Gasteiger partial charge >= 0.3 is 0 Å². The van der Waals surface area contributed by atoms with Crippen molar-refractivity contribution >= 4 is 54.9 Å². The van der Waals surface area contributed by atoms with E-state index in [1.807, 2.05) is 24.3 Å². The second-order valence-electron chi connectivity index (χ2n) is 6.01. The summed E-state index contributed by atoms with van der Waals surface area (Å²) in [7, 11) is 0. The van der Waals surface area contributed by atoms with E-state index in [0.717, 1.165) is 39.1 Å². The van der Waals surface area contributed by atoms with Gasteiger partial charge in [0, 0.05) is 20.4 Å². The van der Waals surface area contributed by atoms with Crippen molar-refractivity contribution in [1.29, 1.82) is 0 Å². The van der Waals surface area contributed by atoms with E-state index in [0.29, 0.717) is 17.4 Å². The van der Waals surface area contributed by atoms with Gasteiger partial charge < -0.3 is 10.0 Å². The van der Waals surface area contributed by atoms with Crippen LogP contribution in [0.5, 0.6) is 0 Å². The van der Waals surface area contributed by atoms with Crippen LogP contribution in [0.4, 0.5) is 4.79 Å². The number of aliphatic hydroxyl groups excluding tert-OH is 1. The topological polar surface area (TPSA) is 40.5 Å². The Balaban J connectivity index is 2.02. The van der Waals surface area contributed by atoms with Crippen molar-refractivity contribution in [3.05, 3.63) is 37.6 Å². The molecule has 0 radical (unpaired) electrons. The molecule has 3 nitrogen and oxygen atoms in total. The minimum absolute atomic E-state index is 0.0626. The van der Waals surface area contributed by atoms with Gasteiger partial charge in [0.15, 0.2) is 6.23 Å². The van der Waals surface area contributed by atoms with Gasteiger partial charge in [0.05, 0.1) is 0 Å². The lowest BCUT2D eigenvalue weighted by atomic mass is 9.97. The Labute approximate surface area is 165 Å². The highest BCUT2D eigenvalue weighted by Crippen LogP contribution is 2.36. The van der Waals surface area contributed by atoms with Crippen LogP contribution in [0.2, 0.25) is 0 Å². The Kier molecular flexibility index (Phi) is 7.85. The summed E-state index contributed by atoms with van der Waals surface area (Å²) in [4.78, 5) is 14.5. The number of hydrogen-bond donors (Lipinski definition) is 1.